The summed E-state index contributed by atoms with van der Waals surface area (Å²) in [6.07, 6.45) is 1.79. The van der Waals surface area contributed by atoms with Crippen LogP contribution in [-0.2, 0) is 13.1 Å². The quantitative estimate of drug-likeness (QED) is 0.251. The molecular formula is C30H20N4O2. The van der Waals surface area contributed by atoms with E-state index in [0.29, 0.717) is 13.1 Å². The zero-order valence-corrected chi connectivity index (χ0v) is 19.5. The maximum absolute atomic E-state index is 13.5. The molecule has 36 heavy (non-hydrogen) atoms. The maximum atomic E-state index is 13.5. The minimum Gasteiger partial charge on any atom is -0.292 e. The summed E-state index contributed by atoms with van der Waals surface area (Å²) >= 11 is 0. The molecule has 0 bridgehead atoms. The summed E-state index contributed by atoms with van der Waals surface area (Å²) in [5.41, 5.74) is 1.70. The summed E-state index contributed by atoms with van der Waals surface area (Å²) in [6, 6.07) is 16.8. The Bertz CT molecular complexity index is 2170. The monoisotopic (exact) mass is 468 g/mol. The van der Waals surface area contributed by atoms with Crippen LogP contribution in [0, 0.1) is 0 Å². The molecule has 0 saturated carbocycles. The van der Waals surface area contributed by atoms with Crippen molar-refractivity contribution in [2.75, 3.05) is 13.1 Å². The number of nitrogens with zero attached hydrogens (tertiary/aromatic N) is 4. The molecule has 6 nitrogen and oxygen atoms in total. The van der Waals surface area contributed by atoms with E-state index >= 15 is 0 Å². The summed E-state index contributed by atoms with van der Waals surface area (Å²) in [6.45, 7) is 2.93. The molecule has 7 aromatic rings. The van der Waals surface area contributed by atoms with Crippen LogP contribution in [-0.4, -0.2) is 22.2 Å². The number of fused-ring (bicyclic) bond motifs is 6. The van der Waals surface area contributed by atoms with E-state index in [9.17, 15) is 9.59 Å². The van der Waals surface area contributed by atoms with Crippen LogP contribution >= 0.6 is 0 Å². The lowest BCUT2D eigenvalue weighted by Gasteiger charge is -2.21. The van der Waals surface area contributed by atoms with Crippen molar-refractivity contribution in [3.8, 4) is 0 Å². The first-order valence-electron chi connectivity index (χ1n) is 12.7. The summed E-state index contributed by atoms with van der Waals surface area (Å²) in [7, 11) is 0. The average molecular weight is 469 g/mol. The van der Waals surface area contributed by atoms with Crippen molar-refractivity contribution in [3.63, 3.8) is 0 Å². The molecule has 4 heterocycles. The van der Waals surface area contributed by atoms with Gasteiger partial charge in [-0.2, -0.15) is 0 Å². The van der Waals surface area contributed by atoms with Crippen molar-refractivity contribution in [1.29, 1.82) is 0 Å². The molecule has 0 amide bonds. The molecule has 0 spiro atoms. The molecule has 6 heteroatoms. The molecule has 172 valence electrons. The third kappa shape index (κ3) is 2.03. The molecule has 2 aliphatic rings. The fourth-order valence-electron chi connectivity index (χ4n) is 6.98. The topological polar surface area (TPSA) is 68.7 Å². The third-order valence-electron chi connectivity index (χ3n) is 8.45. The smallest absolute Gasteiger partial charge is 0.260 e. The predicted octanol–water partition coefficient (Wildman–Crippen LogP) is 3.85. The fourth-order valence-corrected chi connectivity index (χ4v) is 6.98. The summed E-state index contributed by atoms with van der Waals surface area (Å²) in [5, 5.41) is 12.3. The number of pyridine rings is 2. The van der Waals surface area contributed by atoms with Crippen molar-refractivity contribution < 1.29 is 0 Å². The normalized spacial score (nSPS) is 15.8. The Kier molecular flexibility index (Phi) is 3.30. The van der Waals surface area contributed by atoms with Crippen molar-refractivity contribution >= 4 is 64.6 Å². The van der Waals surface area contributed by atoms with E-state index in [4.69, 9.17) is 9.98 Å². The Hall–Kier alpha value is -4.32. The molecule has 5 aromatic carbocycles. The standard InChI is InChI=1S/C30H20N4O2/c35-29-21-9-5-17-16-4-8-20-26-22(30(36)34-14-2-12-32-28(20)34)10-6-18(24(16)26)15-3-7-19(25(21)23(15)17)27-31-11-1-13-33(27)29/h3-10H,1-2,11-14H2. The molecule has 9 rings (SSSR count). The van der Waals surface area contributed by atoms with Crippen LogP contribution in [0.5, 0.6) is 0 Å². The lowest BCUT2D eigenvalue weighted by Crippen LogP contribution is -2.37. The van der Waals surface area contributed by atoms with Crippen molar-refractivity contribution in [2.24, 2.45) is 9.98 Å². The van der Waals surface area contributed by atoms with Crippen molar-refractivity contribution in [2.45, 2.75) is 25.9 Å². The maximum Gasteiger partial charge on any atom is 0.260 e. The van der Waals surface area contributed by atoms with Crippen LogP contribution in [0.15, 0.2) is 68.1 Å². The average Bonchev–Trinajstić information content (AvgIpc) is 2.94. The van der Waals surface area contributed by atoms with E-state index in [2.05, 4.69) is 36.4 Å². The first-order chi connectivity index (χ1) is 17.7. The minimum absolute atomic E-state index is 0.0432. The van der Waals surface area contributed by atoms with Gasteiger partial charge in [-0.1, -0.05) is 24.3 Å². The SMILES string of the molecule is O=c1c2ccc3c4ccc5c6n(c(=O)c7ccc(c8ccc(c9n1CCCN=9)c2c38)c4c75)CCCN=6. The van der Waals surface area contributed by atoms with E-state index in [0.717, 1.165) is 102 Å². The number of hydrogen-bond acceptors (Lipinski definition) is 4. The van der Waals surface area contributed by atoms with Crippen LogP contribution in [0.4, 0.5) is 0 Å². The van der Waals surface area contributed by atoms with Crippen molar-refractivity contribution in [1.82, 2.24) is 9.13 Å². The molecule has 0 atom stereocenters. The van der Waals surface area contributed by atoms with E-state index < -0.39 is 0 Å². The van der Waals surface area contributed by atoms with E-state index in [1.165, 1.54) is 0 Å². The van der Waals surface area contributed by atoms with E-state index in [-0.39, 0.29) is 11.1 Å². The van der Waals surface area contributed by atoms with Crippen LogP contribution in [0.3, 0.4) is 0 Å². The van der Waals surface area contributed by atoms with Gasteiger partial charge >= 0.3 is 0 Å². The zero-order chi connectivity index (χ0) is 23.7. The zero-order valence-electron chi connectivity index (χ0n) is 19.5. The Balaban J connectivity index is 1.60. The van der Waals surface area contributed by atoms with Gasteiger partial charge < -0.3 is 0 Å². The highest BCUT2D eigenvalue weighted by Crippen LogP contribution is 2.43. The number of benzene rings is 5. The highest BCUT2D eigenvalue weighted by atomic mass is 16.1. The second kappa shape index (κ2) is 6.26. The number of aromatic nitrogens is 2. The Morgan fingerprint density at radius 2 is 0.806 bits per heavy atom. The molecule has 2 aromatic heterocycles. The van der Waals surface area contributed by atoms with Gasteiger partial charge in [-0.05, 0) is 69.4 Å². The summed E-state index contributed by atoms with van der Waals surface area (Å²) in [5.74, 6) is 0. The molecular weight excluding hydrogens is 448 g/mol. The van der Waals surface area contributed by atoms with Gasteiger partial charge in [0.05, 0.1) is 0 Å². The van der Waals surface area contributed by atoms with Crippen LogP contribution in [0.2, 0.25) is 0 Å². The molecule has 0 N–H and O–H groups in total. The van der Waals surface area contributed by atoms with Gasteiger partial charge in [0.15, 0.2) is 0 Å². The van der Waals surface area contributed by atoms with Gasteiger partial charge in [0.2, 0.25) is 0 Å². The second-order valence-corrected chi connectivity index (χ2v) is 10.2. The van der Waals surface area contributed by atoms with E-state index in [1.807, 2.05) is 21.3 Å². The molecule has 0 saturated heterocycles. The summed E-state index contributed by atoms with van der Waals surface area (Å²) < 4.78 is 3.68. The Morgan fingerprint density at radius 3 is 1.22 bits per heavy atom. The molecule has 0 fully saturated rings. The fraction of sp³-hybridized carbons (Fsp3) is 0.200. The number of rotatable bonds is 0. The second-order valence-electron chi connectivity index (χ2n) is 10.2. The lowest BCUT2D eigenvalue weighted by molar-refractivity contribution is 0.565. The molecule has 0 unspecified atom stereocenters. The van der Waals surface area contributed by atoms with Crippen molar-refractivity contribution in [3.05, 3.63) is 80.2 Å². The first kappa shape index (κ1) is 18.9. The highest BCUT2D eigenvalue weighted by Gasteiger charge is 2.22. The Morgan fingerprint density at radius 1 is 0.472 bits per heavy atom. The largest absolute Gasteiger partial charge is 0.292 e. The molecule has 0 aliphatic carbocycles. The lowest BCUT2D eigenvalue weighted by atomic mass is 9.86. The van der Waals surface area contributed by atoms with Crippen LogP contribution < -0.4 is 22.1 Å². The van der Waals surface area contributed by atoms with Gasteiger partial charge in [0.25, 0.3) is 11.1 Å². The highest BCUT2D eigenvalue weighted by molar-refractivity contribution is 6.39. The van der Waals surface area contributed by atoms with Crippen LogP contribution in [0.1, 0.15) is 12.8 Å². The van der Waals surface area contributed by atoms with Gasteiger partial charge in [-0.3, -0.25) is 28.7 Å². The van der Waals surface area contributed by atoms with Crippen LogP contribution in [0.25, 0.3) is 64.6 Å². The third-order valence-corrected chi connectivity index (χ3v) is 8.45. The van der Waals surface area contributed by atoms with Gasteiger partial charge in [-0.15, -0.1) is 0 Å². The first-order valence-corrected chi connectivity index (χ1v) is 12.7. The molecule has 2 aliphatic heterocycles. The minimum atomic E-state index is 0.0432. The molecule has 0 radical (unpaired) electrons. The van der Waals surface area contributed by atoms with Gasteiger partial charge in [0.1, 0.15) is 11.0 Å². The number of hydrogen-bond donors (Lipinski definition) is 0. The summed E-state index contributed by atoms with van der Waals surface area (Å²) in [4.78, 5) is 36.5. The van der Waals surface area contributed by atoms with Gasteiger partial charge in [-0.25, -0.2) is 0 Å². The Labute approximate surface area is 203 Å². The van der Waals surface area contributed by atoms with Gasteiger partial charge in [0, 0.05) is 58.5 Å². The predicted molar refractivity (Wildman–Crippen MR) is 144 cm³/mol. The van der Waals surface area contributed by atoms with E-state index in [1.54, 1.807) is 0 Å².